The fourth-order valence-electron chi connectivity index (χ4n) is 1.81. The number of halogens is 1. The van der Waals surface area contributed by atoms with Gasteiger partial charge in [0, 0.05) is 12.7 Å². The summed E-state index contributed by atoms with van der Waals surface area (Å²) in [6.45, 7) is 1.89. The van der Waals surface area contributed by atoms with E-state index in [2.05, 4.69) is 10.3 Å². The lowest BCUT2D eigenvalue weighted by Gasteiger charge is -2.04. The molecule has 0 atom stereocenters. The largest absolute Gasteiger partial charge is 0.395 e. The van der Waals surface area contributed by atoms with Crippen LogP contribution in [0.5, 0.6) is 0 Å². The van der Waals surface area contributed by atoms with E-state index in [9.17, 15) is 9.18 Å². The van der Waals surface area contributed by atoms with Crippen molar-refractivity contribution in [2.24, 2.45) is 0 Å². The van der Waals surface area contributed by atoms with Gasteiger partial charge in [-0.1, -0.05) is 6.92 Å². The van der Waals surface area contributed by atoms with E-state index < -0.39 is 5.82 Å². The van der Waals surface area contributed by atoms with Crippen LogP contribution in [0.2, 0.25) is 0 Å². The Balaban J connectivity index is 2.51. The minimum absolute atomic E-state index is 0.141. The lowest BCUT2D eigenvalue weighted by atomic mass is 10.2. The average molecular weight is 251 g/mol. The van der Waals surface area contributed by atoms with Gasteiger partial charge in [0.05, 0.1) is 12.3 Å². The number of fused-ring (bicyclic) bond motifs is 1. The van der Waals surface area contributed by atoms with Crippen LogP contribution in [0.3, 0.4) is 0 Å². The molecular formula is C12H14FN3O2. The first kappa shape index (κ1) is 12.5. The van der Waals surface area contributed by atoms with E-state index in [1.807, 2.05) is 6.92 Å². The number of aliphatic hydroxyl groups is 1. The van der Waals surface area contributed by atoms with Crippen LogP contribution < -0.4 is 5.32 Å². The van der Waals surface area contributed by atoms with Crippen molar-refractivity contribution in [2.45, 2.75) is 13.3 Å². The number of carbonyl (C=O) groups is 1. The zero-order valence-electron chi connectivity index (χ0n) is 9.98. The number of rotatable bonds is 4. The van der Waals surface area contributed by atoms with Crippen molar-refractivity contribution in [2.75, 3.05) is 13.2 Å². The van der Waals surface area contributed by atoms with Crippen LogP contribution in [0.25, 0.3) is 5.65 Å². The van der Waals surface area contributed by atoms with Crippen LogP contribution in [0.15, 0.2) is 18.3 Å². The van der Waals surface area contributed by atoms with E-state index in [4.69, 9.17) is 5.11 Å². The normalized spacial score (nSPS) is 10.8. The Kier molecular flexibility index (Phi) is 3.57. The lowest BCUT2D eigenvalue weighted by Crippen LogP contribution is -2.28. The minimum Gasteiger partial charge on any atom is -0.395 e. The molecule has 0 radical (unpaired) electrons. The Hall–Kier alpha value is -1.95. The molecule has 2 rings (SSSR count). The molecule has 0 unspecified atom stereocenters. The average Bonchev–Trinajstić information content (AvgIpc) is 2.73. The van der Waals surface area contributed by atoms with Crippen LogP contribution in [-0.2, 0) is 6.42 Å². The highest BCUT2D eigenvalue weighted by molar-refractivity contribution is 5.94. The molecule has 2 aromatic heterocycles. The molecule has 0 aliphatic rings. The summed E-state index contributed by atoms with van der Waals surface area (Å²) in [5.74, 6) is -0.794. The highest BCUT2D eigenvalue weighted by atomic mass is 19.1. The van der Waals surface area contributed by atoms with E-state index in [-0.39, 0.29) is 19.1 Å². The van der Waals surface area contributed by atoms with Crippen LogP contribution >= 0.6 is 0 Å². The molecule has 0 aliphatic carbocycles. The van der Waals surface area contributed by atoms with E-state index in [1.54, 1.807) is 0 Å². The number of aliphatic hydroxyl groups excluding tert-OH is 1. The third-order valence-corrected chi connectivity index (χ3v) is 2.60. The van der Waals surface area contributed by atoms with Gasteiger partial charge in [-0.3, -0.25) is 9.20 Å². The van der Waals surface area contributed by atoms with Crippen molar-refractivity contribution >= 4 is 11.6 Å². The number of nitrogens with zero attached hydrogens (tertiary/aromatic N) is 2. The molecule has 1 amide bonds. The van der Waals surface area contributed by atoms with Gasteiger partial charge in [0.2, 0.25) is 0 Å². The van der Waals surface area contributed by atoms with Crippen molar-refractivity contribution in [3.63, 3.8) is 0 Å². The molecule has 0 aromatic carbocycles. The van der Waals surface area contributed by atoms with Crippen LogP contribution in [0, 0.1) is 5.82 Å². The predicted molar refractivity (Wildman–Crippen MR) is 63.9 cm³/mol. The third kappa shape index (κ3) is 2.19. The molecule has 2 N–H and O–H groups in total. The highest BCUT2D eigenvalue weighted by Crippen LogP contribution is 2.14. The quantitative estimate of drug-likeness (QED) is 0.843. The third-order valence-electron chi connectivity index (χ3n) is 2.60. The van der Waals surface area contributed by atoms with Gasteiger partial charge in [-0.05, 0) is 18.6 Å². The summed E-state index contributed by atoms with van der Waals surface area (Å²) in [5.41, 5.74) is 1.46. The topological polar surface area (TPSA) is 66.6 Å². The molecule has 0 bridgehead atoms. The molecule has 0 saturated heterocycles. The van der Waals surface area contributed by atoms with Crippen molar-refractivity contribution in [1.29, 1.82) is 0 Å². The summed E-state index contributed by atoms with van der Waals surface area (Å²) in [7, 11) is 0. The number of pyridine rings is 1. The maximum Gasteiger partial charge on any atom is 0.270 e. The molecule has 2 aromatic rings. The summed E-state index contributed by atoms with van der Waals surface area (Å²) in [5, 5.41) is 11.2. The summed E-state index contributed by atoms with van der Waals surface area (Å²) in [6.07, 6.45) is 1.81. The smallest absolute Gasteiger partial charge is 0.270 e. The zero-order valence-corrected chi connectivity index (χ0v) is 9.98. The van der Waals surface area contributed by atoms with Crippen LogP contribution in [0.1, 0.15) is 23.1 Å². The molecule has 0 spiro atoms. The fraction of sp³-hybridized carbons (Fsp3) is 0.333. The van der Waals surface area contributed by atoms with Crippen LogP contribution in [-0.4, -0.2) is 33.6 Å². The van der Waals surface area contributed by atoms with Gasteiger partial charge >= 0.3 is 0 Å². The summed E-state index contributed by atoms with van der Waals surface area (Å²) < 4.78 is 14.7. The first-order valence-electron chi connectivity index (χ1n) is 5.73. The molecule has 6 heteroatoms. The Morgan fingerprint density at radius 2 is 2.33 bits per heavy atom. The molecule has 18 heavy (non-hydrogen) atoms. The molecular weight excluding hydrogens is 237 g/mol. The molecule has 96 valence electrons. The van der Waals surface area contributed by atoms with E-state index in [1.165, 1.54) is 22.7 Å². The Labute approximate surface area is 103 Å². The first-order chi connectivity index (χ1) is 8.67. The summed E-state index contributed by atoms with van der Waals surface area (Å²) in [6, 6.07) is 2.83. The lowest BCUT2D eigenvalue weighted by molar-refractivity contribution is 0.0938. The molecule has 0 fully saturated rings. The van der Waals surface area contributed by atoms with Gasteiger partial charge in [-0.15, -0.1) is 0 Å². The number of imidazole rings is 1. The van der Waals surface area contributed by atoms with Crippen LogP contribution in [0.4, 0.5) is 4.39 Å². The zero-order chi connectivity index (χ0) is 13.1. The van der Waals surface area contributed by atoms with Gasteiger partial charge < -0.3 is 10.4 Å². The minimum atomic E-state index is -0.432. The maximum atomic E-state index is 13.2. The molecule has 0 saturated carbocycles. The maximum absolute atomic E-state index is 13.2. The van der Waals surface area contributed by atoms with Crippen molar-refractivity contribution in [3.8, 4) is 0 Å². The molecule has 5 nitrogen and oxygen atoms in total. The van der Waals surface area contributed by atoms with Gasteiger partial charge in [-0.2, -0.15) is 0 Å². The monoisotopic (exact) mass is 251 g/mol. The number of amides is 1. The second kappa shape index (κ2) is 5.14. The molecule has 0 aliphatic heterocycles. The Bertz CT molecular complexity index is 580. The number of hydrogen-bond donors (Lipinski definition) is 2. The fourth-order valence-corrected chi connectivity index (χ4v) is 1.81. The van der Waals surface area contributed by atoms with Gasteiger partial charge in [0.15, 0.2) is 0 Å². The van der Waals surface area contributed by atoms with E-state index >= 15 is 0 Å². The van der Waals surface area contributed by atoms with Crippen molar-refractivity contribution in [1.82, 2.24) is 14.7 Å². The van der Waals surface area contributed by atoms with Gasteiger partial charge in [0.1, 0.15) is 17.2 Å². The first-order valence-corrected chi connectivity index (χ1v) is 5.73. The molecule has 2 heterocycles. The number of aryl methyl sites for hydroxylation is 1. The SMILES string of the molecule is CCc1nc2ccc(F)cn2c1C(=O)NCCO. The number of carbonyl (C=O) groups excluding carboxylic acids is 1. The summed E-state index contributed by atoms with van der Waals surface area (Å²) in [4.78, 5) is 16.2. The Morgan fingerprint density at radius 3 is 3.00 bits per heavy atom. The summed E-state index contributed by atoms with van der Waals surface area (Å²) >= 11 is 0. The predicted octanol–water partition coefficient (Wildman–Crippen LogP) is 0.758. The van der Waals surface area contributed by atoms with Crippen molar-refractivity contribution in [3.05, 3.63) is 35.5 Å². The van der Waals surface area contributed by atoms with Gasteiger partial charge in [0.25, 0.3) is 5.91 Å². The van der Waals surface area contributed by atoms with Crippen molar-refractivity contribution < 1.29 is 14.3 Å². The van der Waals surface area contributed by atoms with Gasteiger partial charge in [-0.25, -0.2) is 9.37 Å². The number of nitrogens with one attached hydrogen (secondary N) is 1. The Morgan fingerprint density at radius 1 is 1.56 bits per heavy atom. The number of hydrogen-bond acceptors (Lipinski definition) is 3. The van der Waals surface area contributed by atoms with E-state index in [0.717, 1.165) is 0 Å². The second-order valence-corrected chi connectivity index (χ2v) is 3.82. The second-order valence-electron chi connectivity index (χ2n) is 3.82. The number of aromatic nitrogens is 2. The highest BCUT2D eigenvalue weighted by Gasteiger charge is 2.17. The standard InChI is InChI=1S/C12H14FN3O2/c1-2-9-11(12(18)14-5-6-17)16-7-8(13)3-4-10(16)15-9/h3-4,7,17H,2,5-6H2,1H3,(H,14,18). The van der Waals surface area contributed by atoms with E-state index in [0.29, 0.717) is 23.5 Å².